The number of imidazole rings is 1. The Morgan fingerprint density at radius 3 is 2.73 bits per heavy atom. The number of nitrogens with one attached hydrogen (secondary N) is 1. The number of nitrogens with zero attached hydrogens (tertiary/aromatic N) is 9. The third-order valence-electron chi connectivity index (χ3n) is 7.80. The summed E-state index contributed by atoms with van der Waals surface area (Å²) in [5, 5.41) is 15.8. The van der Waals surface area contributed by atoms with Gasteiger partial charge < -0.3 is 10.2 Å². The van der Waals surface area contributed by atoms with Crippen LogP contribution in [0.1, 0.15) is 59.6 Å². The van der Waals surface area contributed by atoms with Crippen molar-refractivity contribution in [3.05, 3.63) is 62.9 Å². The third kappa shape index (κ3) is 4.71. The number of amides is 1. The summed E-state index contributed by atoms with van der Waals surface area (Å²) in [4.78, 5) is 37.3. The number of rotatable bonds is 5. The molecule has 0 bridgehead atoms. The third-order valence-corrected chi connectivity index (χ3v) is 8.01. The van der Waals surface area contributed by atoms with Crippen LogP contribution in [0.5, 0.6) is 0 Å². The second-order valence-corrected chi connectivity index (χ2v) is 10.9. The number of benzene rings is 1. The summed E-state index contributed by atoms with van der Waals surface area (Å²) in [5.41, 5.74) is 4.65. The molecule has 0 radical (unpaired) electrons. The number of hydrogen-bond acceptors (Lipinski definition) is 8. The first kappa shape index (κ1) is 23.4. The molecule has 41 heavy (non-hydrogen) atoms. The molecule has 0 spiro atoms. The second kappa shape index (κ2) is 10.3. The predicted octanol–water partition coefficient (Wildman–Crippen LogP) is 3.63. The highest BCUT2D eigenvalue weighted by Gasteiger charge is 2.28. The van der Waals surface area contributed by atoms with Crippen molar-refractivity contribution in [3.63, 3.8) is 0 Å². The van der Waals surface area contributed by atoms with E-state index in [0.29, 0.717) is 29.0 Å². The van der Waals surface area contributed by atoms with Crippen LogP contribution < -0.4 is 10.9 Å². The van der Waals surface area contributed by atoms with Gasteiger partial charge in [0.15, 0.2) is 0 Å². The van der Waals surface area contributed by atoms with Gasteiger partial charge in [0, 0.05) is 37.1 Å². The van der Waals surface area contributed by atoms with Gasteiger partial charge in [0.2, 0.25) is 11.7 Å². The quantitative estimate of drug-likeness (QED) is 0.314. The molecule has 1 fully saturated rings. The van der Waals surface area contributed by atoms with Crippen molar-refractivity contribution in [1.29, 1.82) is 0 Å². The van der Waals surface area contributed by atoms with Crippen LogP contribution in [0.3, 0.4) is 0 Å². The molecule has 6 rings (SSSR count). The van der Waals surface area contributed by atoms with Crippen molar-refractivity contribution in [2.24, 2.45) is 14.0 Å². The molecule has 5 aromatic rings. The van der Waals surface area contributed by atoms with E-state index in [1.54, 1.807) is 37.0 Å². The highest BCUT2D eigenvalue weighted by Crippen LogP contribution is 2.34. The number of aromatic nitrogens is 8. The second-order valence-electron chi connectivity index (χ2n) is 10.5. The standard InChI is InChI=1S/C28H31ClN10O2/c1-15-12-19(16(2)31-21-6-7-22(29)32-24(21)26-33-35-37(5)34-26)25-20(13-15)28(41)36(4)27-23(30-14-39(25)27)18-8-10-38(11-9-18)17(3)40/h6-7,12-14,16,18,31H,8-11H2,1-5H3/i5D3. The molecule has 1 amide bonds. The van der Waals surface area contributed by atoms with Gasteiger partial charge in [-0.3, -0.25) is 18.6 Å². The number of carbonyl (C=O) groups is 1. The number of anilines is 1. The Bertz CT molecular complexity index is 1970. The van der Waals surface area contributed by atoms with Crippen molar-refractivity contribution in [2.45, 2.75) is 45.6 Å². The monoisotopic (exact) mass is 577 g/mol. The largest absolute Gasteiger partial charge is 0.377 e. The Labute approximate surface area is 245 Å². The van der Waals surface area contributed by atoms with Crippen LogP contribution in [-0.4, -0.2) is 63.0 Å². The summed E-state index contributed by atoms with van der Waals surface area (Å²) >= 11 is 6.20. The summed E-state index contributed by atoms with van der Waals surface area (Å²) < 4.78 is 26.4. The maximum atomic E-state index is 13.8. The Hall–Kier alpha value is -4.32. The number of fused-ring (bicyclic) bond motifs is 3. The van der Waals surface area contributed by atoms with Gasteiger partial charge in [0.05, 0.1) is 35.3 Å². The molecule has 0 aliphatic carbocycles. The van der Waals surface area contributed by atoms with Crippen molar-refractivity contribution < 1.29 is 8.91 Å². The maximum Gasteiger partial charge on any atom is 0.261 e. The minimum Gasteiger partial charge on any atom is -0.377 e. The zero-order valence-electron chi connectivity index (χ0n) is 26.1. The molecule has 212 valence electrons. The molecule has 1 N–H and O–H groups in total. The van der Waals surface area contributed by atoms with Crippen molar-refractivity contribution >= 4 is 39.7 Å². The summed E-state index contributed by atoms with van der Waals surface area (Å²) in [5.74, 6) is 0.176. The minimum atomic E-state index is -2.60. The fourth-order valence-electron chi connectivity index (χ4n) is 5.80. The average Bonchev–Trinajstić information content (AvgIpc) is 3.65. The molecule has 1 unspecified atom stereocenters. The molecule has 12 nitrogen and oxygen atoms in total. The van der Waals surface area contributed by atoms with E-state index in [9.17, 15) is 9.59 Å². The van der Waals surface area contributed by atoms with Crippen molar-refractivity contribution in [2.75, 3.05) is 18.4 Å². The van der Waals surface area contributed by atoms with Crippen molar-refractivity contribution in [1.82, 2.24) is 44.0 Å². The Morgan fingerprint density at radius 2 is 2.02 bits per heavy atom. The van der Waals surface area contributed by atoms with Crippen LogP contribution in [0, 0.1) is 6.92 Å². The first-order valence-corrected chi connectivity index (χ1v) is 13.7. The molecule has 13 heteroatoms. The molecule has 4 aromatic heterocycles. The first-order valence-electron chi connectivity index (χ1n) is 14.8. The van der Waals surface area contributed by atoms with E-state index >= 15 is 0 Å². The Balaban J connectivity index is 1.44. The van der Waals surface area contributed by atoms with Crippen LogP contribution in [0.2, 0.25) is 5.15 Å². The lowest BCUT2D eigenvalue weighted by Gasteiger charge is -2.30. The van der Waals surface area contributed by atoms with E-state index in [4.69, 9.17) is 20.7 Å². The van der Waals surface area contributed by atoms with E-state index in [-0.39, 0.29) is 40.1 Å². The lowest BCUT2D eigenvalue weighted by atomic mass is 9.93. The average molecular weight is 578 g/mol. The van der Waals surface area contributed by atoms with Gasteiger partial charge in [0.1, 0.15) is 22.8 Å². The summed E-state index contributed by atoms with van der Waals surface area (Å²) in [6.07, 6.45) is 3.30. The minimum absolute atomic E-state index is 0.00115. The van der Waals surface area contributed by atoms with Crippen LogP contribution in [0.15, 0.2) is 35.4 Å². The van der Waals surface area contributed by atoms with Crippen LogP contribution in [0.4, 0.5) is 5.69 Å². The zero-order chi connectivity index (χ0) is 31.5. The molecular formula is C28H31ClN10O2. The lowest BCUT2D eigenvalue weighted by Crippen LogP contribution is -2.36. The van der Waals surface area contributed by atoms with Gasteiger partial charge in [-0.1, -0.05) is 17.7 Å². The Morgan fingerprint density at radius 1 is 1.24 bits per heavy atom. The molecule has 1 aliphatic rings. The number of pyridine rings is 1. The predicted molar refractivity (Wildman–Crippen MR) is 156 cm³/mol. The van der Waals surface area contributed by atoms with E-state index in [1.165, 1.54) is 0 Å². The zero-order valence-corrected chi connectivity index (χ0v) is 23.8. The van der Waals surface area contributed by atoms with E-state index < -0.39 is 6.98 Å². The molecule has 0 saturated carbocycles. The van der Waals surface area contributed by atoms with Crippen LogP contribution >= 0.6 is 11.6 Å². The number of piperidine rings is 1. The van der Waals surface area contributed by atoms with Gasteiger partial charge >= 0.3 is 0 Å². The normalized spacial score (nSPS) is 16.5. The fraction of sp³-hybridized carbons (Fsp3) is 0.393. The summed E-state index contributed by atoms with van der Waals surface area (Å²) in [6, 6.07) is 6.86. The van der Waals surface area contributed by atoms with Crippen molar-refractivity contribution in [3.8, 4) is 11.5 Å². The van der Waals surface area contributed by atoms with Gasteiger partial charge in [-0.25, -0.2) is 9.97 Å². The number of aryl methyl sites for hydroxylation is 3. The Kier molecular flexibility index (Phi) is 5.85. The number of likely N-dealkylation sites (tertiary alicyclic amines) is 1. The summed E-state index contributed by atoms with van der Waals surface area (Å²) in [7, 11) is 1.77. The van der Waals surface area contributed by atoms with Gasteiger partial charge in [-0.2, -0.15) is 4.80 Å². The summed E-state index contributed by atoms with van der Waals surface area (Å²) in [6.45, 7) is 4.18. The van der Waals surface area contributed by atoms with Crippen LogP contribution in [0.25, 0.3) is 28.1 Å². The number of carbonyl (C=O) groups excluding carboxylic acids is 1. The van der Waals surface area contributed by atoms with E-state index in [1.807, 2.05) is 35.3 Å². The lowest BCUT2D eigenvalue weighted by molar-refractivity contribution is -0.129. The fourth-order valence-corrected chi connectivity index (χ4v) is 5.94. The molecule has 1 saturated heterocycles. The maximum absolute atomic E-state index is 13.8. The highest BCUT2D eigenvalue weighted by molar-refractivity contribution is 6.29. The topological polar surface area (TPSA) is 128 Å². The number of hydrogen-bond donors (Lipinski definition) is 1. The molecule has 1 aromatic carbocycles. The highest BCUT2D eigenvalue weighted by atomic mass is 35.5. The van der Waals surface area contributed by atoms with Gasteiger partial charge in [0.25, 0.3) is 5.56 Å². The molecule has 5 heterocycles. The smallest absolute Gasteiger partial charge is 0.261 e. The van der Waals surface area contributed by atoms with Gasteiger partial charge in [-0.05, 0) is 61.2 Å². The SMILES string of the molecule is [2H]C([2H])([2H])n1nnc(-c2nc(Cl)ccc2NC(C)c2cc(C)cc3c(=O)n(C)c4c(C5CCN(C(C)=O)CC5)ncn4c23)n1. The van der Waals surface area contributed by atoms with Crippen LogP contribution in [-0.2, 0) is 18.8 Å². The van der Waals surface area contributed by atoms with E-state index in [0.717, 1.165) is 40.8 Å². The molecule has 1 aliphatic heterocycles. The van der Waals surface area contributed by atoms with Gasteiger partial charge in [-0.15, -0.1) is 10.2 Å². The molecular weight excluding hydrogens is 544 g/mol. The number of halogens is 1. The molecule has 1 atom stereocenters. The number of tetrazole rings is 1. The van der Waals surface area contributed by atoms with E-state index in [2.05, 4.69) is 25.7 Å². The first-order chi connectivity index (χ1) is 20.8.